The van der Waals surface area contributed by atoms with Gasteiger partial charge in [-0.2, -0.15) is 25.3 Å². The van der Waals surface area contributed by atoms with Crippen molar-refractivity contribution < 1.29 is 0 Å². The third-order valence-electron chi connectivity index (χ3n) is 1.33. The van der Waals surface area contributed by atoms with Crippen molar-refractivity contribution >= 4 is 25.3 Å². The van der Waals surface area contributed by atoms with Gasteiger partial charge in [0.25, 0.3) is 0 Å². The molecule has 0 aromatic rings. The number of nitrogens with two attached hydrogens (primary N) is 1. The topological polar surface area (TPSA) is 26.0 Å². The molecule has 10 heavy (non-hydrogen) atoms. The summed E-state index contributed by atoms with van der Waals surface area (Å²) in [5.74, 6) is 0.789. The number of hydrogen-bond acceptors (Lipinski definition) is 3. The monoisotopic (exact) mass is 177 g/mol. The summed E-state index contributed by atoms with van der Waals surface area (Å²) in [5.41, 5.74) is 5.78. The van der Waals surface area contributed by atoms with E-state index in [9.17, 15) is 0 Å². The molecular formula is C7H15NS2. The zero-order valence-corrected chi connectivity index (χ0v) is 7.87. The van der Waals surface area contributed by atoms with Gasteiger partial charge in [0, 0.05) is 0 Å². The second-order valence-corrected chi connectivity index (χ2v) is 3.74. The van der Waals surface area contributed by atoms with Crippen molar-refractivity contribution in [1.29, 1.82) is 0 Å². The van der Waals surface area contributed by atoms with Gasteiger partial charge in [-0.1, -0.05) is 6.08 Å². The first-order valence-electron chi connectivity index (χ1n) is 3.35. The standard InChI is InChI=1S/C7H15NS2/c1-2-3-4-7(8,10)5-6-9/h2,9-10H,1,3-6,8H2. The molecule has 3 heteroatoms. The summed E-state index contributed by atoms with van der Waals surface area (Å²) in [7, 11) is 0. The Morgan fingerprint density at radius 1 is 1.50 bits per heavy atom. The summed E-state index contributed by atoms with van der Waals surface area (Å²) in [6.45, 7) is 3.62. The van der Waals surface area contributed by atoms with Crippen LogP contribution in [0.5, 0.6) is 0 Å². The largest absolute Gasteiger partial charge is 0.317 e. The third-order valence-corrected chi connectivity index (χ3v) is 2.00. The molecule has 0 heterocycles. The van der Waals surface area contributed by atoms with Gasteiger partial charge < -0.3 is 5.73 Å². The Balaban J connectivity index is 3.51. The van der Waals surface area contributed by atoms with E-state index in [1.165, 1.54) is 0 Å². The fraction of sp³-hybridized carbons (Fsp3) is 0.714. The second-order valence-electron chi connectivity index (χ2n) is 2.40. The predicted molar refractivity (Wildman–Crippen MR) is 53.8 cm³/mol. The van der Waals surface area contributed by atoms with Crippen LogP contribution >= 0.6 is 25.3 Å². The predicted octanol–water partition coefficient (Wildman–Crippen LogP) is 1.86. The summed E-state index contributed by atoms with van der Waals surface area (Å²) >= 11 is 8.36. The van der Waals surface area contributed by atoms with Crippen molar-refractivity contribution in [3.05, 3.63) is 12.7 Å². The first-order chi connectivity index (χ1) is 4.62. The van der Waals surface area contributed by atoms with Crippen LogP contribution in [0.15, 0.2) is 12.7 Å². The quantitative estimate of drug-likeness (QED) is 0.333. The van der Waals surface area contributed by atoms with E-state index in [2.05, 4.69) is 31.8 Å². The maximum atomic E-state index is 5.78. The second kappa shape index (κ2) is 5.10. The highest BCUT2D eigenvalue weighted by Crippen LogP contribution is 2.19. The summed E-state index contributed by atoms with van der Waals surface area (Å²) in [5, 5.41) is 0. The minimum atomic E-state index is -0.351. The first-order valence-corrected chi connectivity index (χ1v) is 4.43. The van der Waals surface area contributed by atoms with Crippen LogP contribution in [-0.2, 0) is 0 Å². The maximum Gasteiger partial charge on any atom is 0.0601 e. The number of rotatable bonds is 5. The molecule has 0 aliphatic carbocycles. The summed E-state index contributed by atoms with van der Waals surface area (Å²) in [6.07, 6.45) is 4.50. The molecule has 60 valence electrons. The van der Waals surface area contributed by atoms with E-state index in [4.69, 9.17) is 5.73 Å². The molecule has 0 bridgehead atoms. The Kier molecular flexibility index (Phi) is 5.31. The molecule has 1 nitrogen and oxygen atoms in total. The molecule has 0 saturated carbocycles. The Hall–Kier alpha value is 0.400. The highest BCUT2D eigenvalue weighted by molar-refractivity contribution is 7.82. The number of thiol groups is 2. The maximum absolute atomic E-state index is 5.78. The molecule has 0 aromatic carbocycles. The Morgan fingerprint density at radius 2 is 2.10 bits per heavy atom. The molecule has 0 aliphatic rings. The zero-order chi connectivity index (χ0) is 8.04. The van der Waals surface area contributed by atoms with Gasteiger partial charge in [-0.3, -0.25) is 0 Å². The molecule has 0 aliphatic heterocycles. The molecule has 0 amide bonds. The molecule has 0 rings (SSSR count). The lowest BCUT2D eigenvalue weighted by atomic mass is 10.1. The van der Waals surface area contributed by atoms with E-state index in [1.807, 2.05) is 6.08 Å². The van der Waals surface area contributed by atoms with Crippen molar-refractivity contribution in [2.24, 2.45) is 5.73 Å². The van der Waals surface area contributed by atoms with Crippen LogP contribution in [0.4, 0.5) is 0 Å². The molecule has 2 N–H and O–H groups in total. The van der Waals surface area contributed by atoms with Gasteiger partial charge >= 0.3 is 0 Å². The van der Waals surface area contributed by atoms with Gasteiger partial charge in [0.05, 0.1) is 4.87 Å². The van der Waals surface area contributed by atoms with Gasteiger partial charge in [0.15, 0.2) is 0 Å². The lowest BCUT2D eigenvalue weighted by Gasteiger charge is -2.21. The highest BCUT2D eigenvalue weighted by Gasteiger charge is 2.16. The van der Waals surface area contributed by atoms with Crippen LogP contribution in [0.3, 0.4) is 0 Å². The van der Waals surface area contributed by atoms with E-state index < -0.39 is 0 Å². The average molecular weight is 177 g/mol. The van der Waals surface area contributed by atoms with Crippen molar-refractivity contribution in [3.8, 4) is 0 Å². The van der Waals surface area contributed by atoms with Crippen molar-refractivity contribution in [2.45, 2.75) is 24.1 Å². The summed E-state index contributed by atoms with van der Waals surface area (Å²) in [4.78, 5) is -0.351. The smallest absolute Gasteiger partial charge is 0.0601 e. The molecule has 0 saturated heterocycles. The van der Waals surface area contributed by atoms with Crippen molar-refractivity contribution in [2.75, 3.05) is 5.75 Å². The lowest BCUT2D eigenvalue weighted by molar-refractivity contribution is 0.558. The lowest BCUT2D eigenvalue weighted by Crippen LogP contribution is -2.33. The van der Waals surface area contributed by atoms with Gasteiger partial charge in [-0.05, 0) is 25.0 Å². The van der Waals surface area contributed by atoms with E-state index >= 15 is 0 Å². The van der Waals surface area contributed by atoms with E-state index in [1.54, 1.807) is 0 Å². The molecule has 1 unspecified atom stereocenters. The first kappa shape index (κ1) is 10.4. The van der Waals surface area contributed by atoms with Gasteiger partial charge in [0.2, 0.25) is 0 Å². The van der Waals surface area contributed by atoms with E-state index in [0.29, 0.717) is 0 Å². The van der Waals surface area contributed by atoms with E-state index in [0.717, 1.165) is 25.0 Å². The van der Waals surface area contributed by atoms with Gasteiger partial charge in [0.1, 0.15) is 0 Å². The molecular weight excluding hydrogens is 162 g/mol. The third kappa shape index (κ3) is 5.21. The highest BCUT2D eigenvalue weighted by atomic mass is 32.1. The Bertz CT molecular complexity index is 102. The zero-order valence-electron chi connectivity index (χ0n) is 6.08. The van der Waals surface area contributed by atoms with Crippen molar-refractivity contribution in [1.82, 2.24) is 0 Å². The Morgan fingerprint density at radius 3 is 2.50 bits per heavy atom. The van der Waals surface area contributed by atoms with E-state index in [-0.39, 0.29) is 4.87 Å². The molecule has 1 atom stereocenters. The SMILES string of the molecule is C=CCCC(N)(S)CCS. The van der Waals surface area contributed by atoms with Crippen LogP contribution in [0.25, 0.3) is 0 Å². The fourth-order valence-corrected chi connectivity index (χ4v) is 1.49. The molecule has 0 aromatic heterocycles. The van der Waals surface area contributed by atoms with Gasteiger partial charge in [-0.15, -0.1) is 6.58 Å². The average Bonchev–Trinajstić information content (AvgIpc) is 1.84. The van der Waals surface area contributed by atoms with Crippen LogP contribution in [0.2, 0.25) is 0 Å². The number of allylic oxidation sites excluding steroid dienone is 1. The van der Waals surface area contributed by atoms with Crippen LogP contribution in [0.1, 0.15) is 19.3 Å². The van der Waals surface area contributed by atoms with Crippen molar-refractivity contribution in [3.63, 3.8) is 0 Å². The summed E-state index contributed by atoms with van der Waals surface area (Å²) < 4.78 is 0. The van der Waals surface area contributed by atoms with Crippen LogP contribution in [0, 0.1) is 0 Å². The van der Waals surface area contributed by atoms with Crippen LogP contribution < -0.4 is 5.73 Å². The molecule has 0 spiro atoms. The Labute approximate surface area is 73.9 Å². The normalized spacial score (nSPS) is 16.3. The minimum absolute atomic E-state index is 0.351. The van der Waals surface area contributed by atoms with Crippen LogP contribution in [-0.4, -0.2) is 10.6 Å². The summed E-state index contributed by atoms with van der Waals surface area (Å²) in [6, 6.07) is 0. The molecule has 0 radical (unpaired) electrons. The minimum Gasteiger partial charge on any atom is -0.317 e. The van der Waals surface area contributed by atoms with Gasteiger partial charge in [-0.25, -0.2) is 0 Å². The number of hydrogen-bond donors (Lipinski definition) is 3. The molecule has 0 fully saturated rings. The fourth-order valence-electron chi connectivity index (χ4n) is 0.671.